The number of hydrogen-bond donors (Lipinski definition) is 1. The Balaban J connectivity index is 2.31. The molecule has 0 aliphatic heterocycles. The molecule has 0 amide bonds. The molecule has 1 aromatic carbocycles. The van der Waals surface area contributed by atoms with E-state index >= 15 is 0 Å². The molecule has 1 N–H and O–H groups in total. The van der Waals surface area contributed by atoms with Crippen LogP contribution in [0.25, 0.3) is 22.0 Å². The number of anilines is 1. The molecule has 0 saturated heterocycles. The highest BCUT2D eigenvalue weighted by atomic mass is 15.0. The third-order valence-corrected chi connectivity index (χ3v) is 3.26. The van der Waals surface area contributed by atoms with E-state index in [1.807, 2.05) is 32.3 Å². The van der Waals surface area contributed by atoms with Crippen molar-refractivity contribution >= 4 is 16.6 Å². The Bertz CT molecular complexity index is 732. The maximum atomic E-state index is 4.43. The van der Waals surface area contributed by atoms with Crippen LogP contribution < -0.4 is 5.32 Å². The Morgan fingerprint density at radius 3 is 2.84 bits per heavy atom. The molecule has 4 nitrogen and oxygen atoms in total. The van der Waals surface area contributed by atoms with Gasteiger partial charge in [0.1, 0.15) is 12.1 Å². The Morgan fingerprint density at radius 1 is 1.11 bits per heavy atom. The molecule has 2 heterocycles. The Labute approximate surface area is 111 Å². The van der Waals surface area contributed by atoms with Gasteiger partial charge >= 0.3 is 0 Å². The summed E-state index contributed by atoms with van der Waals surface area (Å²) < 4.78 is 0. The van der Waals surface area contributed by atoms with E-state index in [0.717, 1.165) is 33.4 Å². The van der Waals surface area contributed by atoms with Gasteiger partial charge in [-0.15, -0.1) is 0 Å². The van der Waals surface area contributed by atoms with Crippen molar-refractivity contribution in [3.63, 3.8) is 0 Å². The molecule has 0 atom stereocenters. The van der Waals surface area contributed by atoms with Crippen molar-refractivity contribution in [1.82, 2.24) is 15.0 Å². The number of fused-ring (bicyclic) bond motifs is 1. The van der Waals surface area contributed by atoms with Gasteiger partial charge in [-0.05, 0) is 18.4 Å². The van der Waals surface area contributed by atoms with Crippen LogP contribution in [0.1, 0.15) is 5.56 Å². The summed E-state index contributed by atoms with van der Waals surface area (Å²) in [7, 11) is 1.86. The van der Waals surface area contributed by atoms with Crippen LogP contribution in [0, 0.1) is 6.92 Å². The van der Waals surface area contributed by atoms with Crippen molar-refractivity contribution < 1.29 is 0 Å². The fourth-order valence-corrected chi connectivity index (χ4v) is 2.29. The van der Waals surface area contributed by atoms with E-state index in [1.54, 1.807) is 12.5 Å². The maximum Gasteiger partial charge on any atom is 0.132 e. The van der Waals surface area contributed by atoms with E-state index in [-0.39, 0.29) is 0 Å². The second-order valence-electron chi connectivity index (χ2n) is 4.35. The molecular weight excluding hydrogens is 236 g/mol. The summed E-state index contributed by atoms with van der Waals surface area (Å²) in [6, 6.07) is 8.20. The van der Waals surface area contributed by atoms with Crippen LogP contribution in [-0.2, 0) is 0 Å². The third-order valence-electron chi connectivity index (χ3n) is 3.26. The van der Waals surface area contributed by atoms with Crippen LogP contribution >= 0.6 is 0 Å². The zero-order valence-corrected chi connectivity index (χ0v) is 10.9. The zero-order chi connectivity index (χ0) is 13.2. The Morgan fingerprint density at radius 2 is 2.00 bits per heavy atom. The fraction of sp³-hybridized carbons (Fsp3) is 0.133. The predicted octanol–water partition coefficient (Wildman–Crippen LogP) is 3.04. The summed E-state index contributed by atoms with van der Waals surface area (Å²) in [6.45, 7) is 2.02. The van der Waals surface area contributed by atoms with Crippen LogP contribution in [0.4, 0.5) is 5.82 Å². The van der Waals surface area contributed by atoms with Crippen LogP contribution in [0.5, 0.6) is 0 Å². The first-order chi connectivity index (χ1) is 9.31. The molecular formula is C15H14N4. The first kappa shape index (κ1) is 11.6. The van der Waals surface area contributed by atoms with Gasteiger partial charge in [0.2, 0.25) is 0 Å². The third kappa shape index (κ3) is 1.91. The first-order valence-electron chi connectivity index (χ1n) is 6.13. The highest BCUT2D eigenvalue weighted by Crippen LogP contribution is 2.30. The fourth-order valence-electron chi connectivity index (χ4n) is 2.29. The van der Waals surface area contributed by atoms with Gasteiger partial charge in [0.05, 0.1) is 5.69 Å². The second kappa shape index (κ2) is 4.65. The topological polar surface area (TPSA) is 50.7 Å². The van der Waals surface area contributed by atoms with Crippen molar-refractivity contribution in [3.8, 4) is 11.3 Å². The number of hydrogen-bond acceptors (Lipinski definition) is 4. The lowest BCUT2D eigenvalue weighted by Crippen LogP contribution is -1.99. The summed E-state index contributed by atoms with van der Waals surface area (Å²) in [5.74, 6) is 0.853. The van der Waals surface area contributed by atoms with Gasteiger partial charge in [0.15, 0.2) is 0 Å². The lowest BCUT2D eigenvalue weighted by molar-refractivity contribution is 1.13. The SMILES string of the molecule is CNc1ncnc(-c2cccc3ccncc23)c1C. The van der Waals surface area contributed by atoms with E-state index in [2.05, 4.69) is 32.4 Å². The van der Waals surface area contributed by atoms with Crippen LogP contribution in [-0.4, -0.2) is 22.0 Å². The molecule has 0 bridgehead atoms. The molecule has 3 aromatic rings. The van der Waals surface area contributed by atoms with Gasteiger partial charge in [-0.2, -0.15) is 0 Å². The number of rotatable bonds is 2. The summed E-state index contributed by atoms with van der Waals surface area (Å²) >= 11 is 0. The smallest absolute Gasteiger partial charge is 0.132 e. The highest BCUT2D eigenvalue weighted by molar-refractivity contribution is 5.96. The standard InChI is InChI=1S/C15H14N4/c1-10-14(18-9-19-15(10)16-2)12-5-3-4-11-6-7-17-8-13(11)12/h3-9H,1-2H3,(H,16,18,19). The molecule has 4 heteroatoms. The lowest BCUT2D eigenvalue weighted by Gasteiger charge is -2.10. The molecule has 19 heavy (non-hydrogen) atoms. The largest absolute Gasteiger partial charge is 0.373 e. The van der Waals surface area contributed by atoms with Gasteiger partial charge in [0, 0.05) is 36.0 Å². The summed E-state index contributed by atoms with van der Waals surface area (Å²) in [5, 5.41) is 5.36. The summed E-state index contributed by atoms with van der Waals surface area (Å²) in [4.78, 5) is 12.9. The molecule has 0 fully saturated rings. The molecule has 0 aliphatic carbocycles. The predicted molar refractivity (Wildman–Crippen MR) is 77.1 cm³/mol. The second-order valence-corrected chi connectivity index (χ2v) is 4.35. The highest BCUT2D eigenvalue weighted by Gasteiger charge is 2.10. The maximum absolute atomic E-state index is 4.43. The minimum atomic E-state index is 0.853. The number of benzene rings is 1. The minimum Gasteiger partial charge on any atom is -0.373 e. The molecule has 0 spiro atoms. The van der Waals surface area contributed by atoms with E-state index < -0.39 is 0 Å². The quantitative estimate of drug-likeness (QED) is 0.759. The van der Waals surface area contributed by atoms with E-state index in [4.69, 9.17) is 0 Å². The van der Waals surface area contributed by atoms with Gasteiger partial charge in [-0.3, -0.25) is 4.98 Å². The summed E-state index contributed by atoms with van der Waals surface area (Å²) in [5.41, 5.74) is 3.07. The number of aromatic nitrogens is 3. The molecule has 0 aliphatic rings. The number of nitrogens with zero attached hydrogens (tertiary/aromatic N) is 3. The Hall–Kier alpha value is -2.49. The Kier molecular flexibility index (Phi) is 2.83. The average Bonchev–Trinajstić information content (AvgIpc) is 2.47. The molecule has 0 radical (unpaired) electrons. The lowest BCUT2D eigenvalue weighted by atomic mass is 10.0. The van der Waals surface area contributed by atoms with E-state index in [9.17, 15) is 0 Å². The van der Waals surface area contributed by atoms with Crippen molar-refractivity contribution in [1.29, 1.82) is 0 Å². The van der Waals surface area contributed by atoms with Crippen molar-refractivity contribution in [2.24, 2.45) is 0 Å². The van der Waals surface area contributed by atoms with Gasteiger partial charge < -0.3 is 5.32 Å². The van der Waals surface area contributed by atoms with Crippen molar-refractivity contribution in [3.05, 3.63) is 48.5 Å². The van der Waals surface area contributed by atoms with E-state index in [1.165, 1.54) is 0 Å². The normalized spacial score (nSPS) is 10.6. The number of nitrogens with one attached hydrogen (secondary N) is 1. The van der Waals surface area contributed by atoms with Gasteiger partial charge in [-0.1, -0.05) is 18.2 Å². The molecule has 0 unspecified atom stereocenters. The molecule has 0 saturated carbocycles. The average molecular weight is 250 g/mol. The number of pyridine rings is 1. The molecule has 3 rings (SSSR count). The van der Waals surface area contributed by atoms with Crippen LogP contribution in [0.2, 0.25) is 0 Å². The van der Waals surface area contributed by atoms with Gasteiger partial charge in [-0.25, -0.2) is 9.97 Å². The first-order valence-corrected chi connectivity index (χ1v) is 6.13. The monoisotopic (exact) mass is 250 g/mol. The van der Waals surface area contributed by atoms with Gasteiger partial charge in [0.25, 0.3) is 0 Å². The minimum absolute atomic E-state index is 0.853. The van der Waals surface area contributed by atoms with Crippen molar-refractivity contribution in [2.75, 3.05) is 12.4 Å². The molecule has 2 aromatic heterocycles. The van der Waals surface area contributed by atoms with Crippen LogP contribution in [0.15, 0.2) is 43.0 Å². The molecule has 94 valence electrons. The van der Waals surface area contributed by atoms with Crippen molar-refractivity contribution in [2.45, 2.75) is 6.92 Å². The summed E-state index contributed by atoms with van der Waals surface area (Å²) in [6.07, 6.45) is 5.27. The van der Waals surface area contributed by atoms with Crippen LogP contribution in [0.3, 0.4) is 0 Å². The van der Waals surface area contributed by atoms with E-state index in [0.29, 0.717) is 0 Å². The zero-order valence-electron chi connectivity index (χ0n) is 10.9.